The van der Waals surface area contributed by atoms with Gasteiger partial charge in [-0.05, 0) is 51.4 Å². The van der Waals surface area contributed by atoms with Gasteiger partial charge in [0.1, 0.15) is 0 Å². The molecule has 118 valence electrons. The van der Waals surface area contributed by atoms with Crippen molar-refractivity contribution >= 4 is 0 Å². The standard InChI is InChI=1S/C18H30N2O/c1-5-8-20-9-10-21-18(13-20)17(19-4)12-16-11-14(2)6-7-15(16)3/h6-7,11,17-19H,5,8-10,12-13H2,1-4H3. The molecule has 1 aliphatic heterocycles. The number of morpholine rings is 1. The van der Waals surface area contributed by atoms with Crippen molar-refractivity contribution in [2.45, 2.75) is 45.8 Å². The van der Waals surface area contributed by atoms with E-state index in [1.165, 1.54) is 29.7 Å². The van der Waals surface area contributed by atoms with Gasteiger partial charge in [-0.2, -0.15) is 0 Å². The van der Waals surface area contributed by atoms with E-state index < -0.39 is 0 Å². The Balaban J connectivity index is 2.03. The van der Waals surface area contributed by atoms with E-state index in [1.54, 1.807) is 0 Å². The molecule has 1 aromatic rings. The number of likely N-dealkylation sites (N-methyl/N-ethyl adjacent to an activating group) is 1. The fraction of sp³-hybridized carbons (Fsp3) is 0.667. The zero-order valence-electron chi connectivity index (χ0n) is 14.0. The Labute approximate surface area is 129 Å². The second kappa shape index (κ2) is 7.92. The van der Waals surface area contributed by atoms with Gasteiger partial charge in [0.15, 0.2) is 0 Å². The molecular formula is C18H30N2O. The molecule has 2 atom stereocenters. The first-order valence-electron chi connectivity index (χ1n) is 8.21. The predicted molar refractivity (Wildman–Crippen MR) is 88.9 cm³/mol. The largest absolute Gasteiger partial charge is 0.374 e. The quantitative estimate of drug-likeness (QED) is 0.871. The molecule has 1 heterocycles. The van der Waals surface area contributed by atoms with Crippen LogP contribution in [0.3, 0.4) is 0 Å². The van der Waals surface area contributed by atoms with Crippen LogP contribution in [0.5, 0.6) is 0 Å². The van der Waals surface area contributed by atoms with Gasteiger partial charge in [0.05, 0.1) is 12.7 Å². The van der Waals surface area contributed by atoms with E-state index in [-0.39, 0.29) is 6.10 Å². The molecule has 0 aromatic heterocycles. The van der Waals surface area contributed by atoms with Crippen LogP contribution in [0.4, 0.5) is 0 Å². The average molecular weight is 290 g/mol. The molecule has 0 bridgehead atoms. The summed E-state index contributed by atoms with van der Waals surface area (Å²) in [5.74, 6) is 0. The highest BCUT2D eigenvalue weighted by atomic mass is 16.5. The Morgan fingerprint density at radius 2 is 2.19 bits per heavy atom. The van der Waals surface area contributed by atoms with Crippen LogP contribution in [0, 0.1) is 13.8 Å². The molecule has 1 aromatic carbocycles. The zero-order chi connectivity index (χ0) is 15.2. The van der Waals surface area contributed by atoms with E-state index in [0.717, 1.165) is 26.1 Å². The number of benzene rings is 1. The maximum absolute atomic E-state index is 6.05. The Bertz CT molecular complexity index is 445. The van der Waals surface area contributed by atoms with Crippen LogP contribution in [0.25, 0.3) is 0 Å². The molecule has 0 spiro atoms. The van der Waals surface area contributed by atoms with E-state index in [4.69, 9.17) is 4.74 Å². The summed E-state index contributed by atoms with van der Waals surface area (Å²) in [5, 5.41) is 3.48. The molecule has 1 saturated heterocycles. The second-order valence-electron chi connectivity index (χ2n) is 6.24. The van der Waals surface area contributed by atoms with Gasteiger partial charge in [-0.15, -0.1) is 0 Å². The van der Waals surface area contributed by atoms with E-state index in [1.807, 2.05) is 0 Å². The molecule has 1 aliphatic rings. The lowest BCUT2D eigenvalue weighted by Gasteiger charge is -2.37. The Morgan fingerprint density at radius 1 is 1.38 bits per heavy atom. The van der Waals surface area contributed by atoms with Gasteiger partial charge >= 0.3 is 0 Å². The van der Waals surface area contributed by atoms with E-state index in [2.05, 4.69) is 56.2 Å². The minimum atomic E-state index is 0.287. The lowest BCUT2D eigenvalue weighted by Crippen LogP contribution is -2.52. The molecule has 21 heavy (non-hydrogen) atoms. The summed E-state index contributed by atoms with van der Waals surface area (Å²) in [4.78, 5) is 2.53. The molecule has 0 amide bonds. The second-order valence-corrected chi connectivity index (χ2v) is 6.24. The van der Waals surface area contributed by atoms with Gasteiger partial charge in [-0.3, -0.25) is 4.90 Å². The number of rotatable bonds is 6. The first-order valence-corrected chi connectivity index (χ1v) is 8.21. The fourth-order valence-corrected chi connectivity index (χ4v) is 3.17. The highest BCUT2D eigenvalue weighted by Gasteiger charge is 2.27. The van der Waals surface area contributed by atoms with Crippen LogP contribution in [0.2, 0.25) is 0 Å². The first-order chi connectivity index (χ1) is 10.1. The third-order valence-electron chi connectivity index (χ3n) is 4.48. The van der Waals surface area contributed by atoms with Crippen molar-refractivity contribution in [2.24, 2.45) is 0 Å². The van der Waals surface area contributed by atoms with Crippen LogP contribution < -0.4 is 5.32 Å². The van der Waals surface area contributed by atoms with Gasteiger partial charge in [0, 0.05) is 19.1 Å². The van der Waals surface area contributed by atoms with Gasteiger partial charge in [-0.1, -0.05) is 30.7 Å². The smallest absolute Gasteiger partial charge is 0.0858 e. The van der Waals surface area contributed by atoms with E-state index in [0.29, 0.717) is 6.04 Å². The summed E-state index contributed by atoms with van der Waals surface area (Å²) in [7, 11) is 2.05. The summed E-state index contributed by atoms with van der Waals surface area (Å²) in [5.41, 5.74) is 4.15. The summed E-state index contributed by atoms with van der Waals surface area (Å²) < 4.78 is 6.05. The Kier molecular flexibility index (Phi) is 6.22. The van der Waals surface area contributed by atoms with Crippen LogP contribution >= 0.6 is 0 Å². The van der Waals surface area contributed by atoms with E-state index in [9.17, 15) is 0 Å². The maximum atomic E-state index is 6.05. The Hall–Kier alpha value is -0.900. The Morgan fingerprint density at radius 3 is 2.90 bits per heavy atom. The molecule has 0 aliphatic carbocycles. The highest BCUT2D eigenvalue weighted by molar-refractivity contribution is 5.31. The molecular weight excluding hydrogens is 260 g/mol. The summed E-state index contributed by atoms with van der Waals surface area (Å²) >= 11 is 0. The fourth-order valence-electron chi connectivity index (χ4n) is 3.17. The zero-order valence-corrected chi connectivity index (χ0v) is 14.0. The van der Waals surface area contributed by atoms with Gasteiger partial charge in [0.25, 0.3) is 0 Å². The molecule has 3 heteroatoms. The van der Waals surface area contributed by atoms with Gasteiger partial charge in [0.2, 0.25) is 0 Å². The molecule has 2 unspecified atom stereocenters. The molecule has 1 fully saturated rings. The molecule has 0 saturated carbocycles. The molecule has 3 nitrogen and oxygen atoms in total. The van der Waals surface area contributed by atoms with Crippen molar-refractivity contribution in [3.8, 4) is 0 Å². The molecule has 0 radical (unpaired) electrons. The van der Waals surface area contributed by atoms with Crippen LogP contribution in [0.1, 0.15) is 30.0 Å². The number of hydrogen-bond donors (Lipinski definition) is 1. The van der Waals surface area contributed by atoms with Crippen LogP contribution in [0.15, 0.2) is 18.2 Å². The minimum absolute atomic E-state index is 0.287. The normalized spacial score (nSPS) is 21.4. The first kappa shape index (κ1) is 16.5. The van der Waals surface area contributed by atoms with Crippen LogP contribution in [-0.4, -0.2) is 50.3 Å². The van der Waals surface area contributed by atoms with E-state index >= 15 is 0 Å². The van der Waals surface area contributed by atoms with Crippen molar-refractivity contribution < 1.29 is 4.74 Å². The number of aryl methyl sites for hydroxylation is 2. The lowest BCUT2D eigenvalue weighted by atomic mass is 9.95. The molecule has 2 rings (SSSR count). The number of nitrogens with zero attached hydrogens (tertiary/aromatic N) is 1. The summed E-state index contributed by atoms with van der Waals surface area (Å²) in [6.07, 6.45) is 2.54. The minimum Gasteiger partial charge on any atom is -0.374 e. The monoisotopic (exact) mass is 290 g/mol. The topological polar surface area (TPSA) is 24.5 Å². The van der Waals surface area contributed by atoms with Crippen molar-refractivity contribution in [3.05, 3.63) is 34.9 Å². The SMILES string of the molecule is CCCN1CCOC(C(Cc2cc(C)ccc2C)NC)C1. The van der Waals surface area contributed by atoms with Crippen molar-refractivity contribution in [3.63, 3.8) is 0 Å². The van der Waals surface area contributed by atoms with Gasteiger partial charge in [-0.25, -0.2) is 0 Å². The highest BCUT2D eigenvalue weighted by Crippen LogP contribution is 2.17. The third kappa shape index (κ3) is 4.53. The number of hydrogen-bond acceptors (Lipinski definition) is 3. The molecule has 1 N–H and O–H groups in total. The maximum Gasteiger partial charge on any atom is 0.0858 e. The van der Waals surface area contributed by atoms with Crippen molar-refractivity contribution in [1.82, 2.24) is 10.2 Å². The predicted octanol–water partition coefficient (Wildman–Crippen LogP) is 2.54. The van der Waals surface area contributed by atoms with Gasteiger partial charge < -0.3 is 10.1 Å². The lowest BCUT2D eigenvalue weighted by molar-refractivity contribution is -0.0450. The average Bonchev–Trinajstić information content (AvgIpc) is 2.49. The summed E-state index contributed by atoms with van der Waals surface area (Å²) in [6, 6.07) is 7.10. The van der Waals surface area contributed by atoms with Crippen molar-refractivity contribution in [2.75, 3.05) is 33.3 Å². The number of ether oxygens (including phenoxy) is 1. The number of nitrogens with one attached hydrogen (secondary N) is 1. The van der Waals surface area contributed by atoms with Crippen LogP contribution in [-0.2, 0) is 11.2 Å². The third-order valence-corrected chi connectivity index (χ3v) is 4.48. The summed E-state index contributed by atoms with van der Waals surface area (Å²) in [6.45, 7) is 10.8. The van der Waals surface area contributed by atoms with Crippen molar-refractivity contribution in [1.29, 1.82) is 0 Å².